The molecule has 0 radical (unpaired) electrons. The van der Waals surface area contributed by atoms with E-state index in [1.165, 1.54) is 0 Å². The predicted molar refractivity (Wildman–Crippen MR) is 72.7 cm³/mol. The highest BCUT2D eigenvalue weighted by atomic mass is 32.1. The lowest BCUT2D eigenvalue weighted by Gasteiger charge is -2.15. The molecule has 0 bridgehead atoms. The monoisotopic (exact) mass is 237 g/mol. The summed E-state index contributed by atoms with van der Waals surface area (Å²) in [6, 6.07) is 4.33. The van der Waals surface area contributed by atoms with Crippen LogP contribution in [-0.4, -0.2) is 16.1 Å². The van der Waals surface area contributed by atoms with Crippen molar-refractivity contribution in [2.24, 2.45) is 0 Å². The molecule has 0 aliphatic carbocycles. The molecule has 0 fully saturated rings. The van der Waals surface area contributed by atoms with Gasteiger partial charge in [-0.3, -0.25) is 0 Å². The van der Waals surface area contributed by atoms with Crippen LogP contribution >= 0.6 is 12.2 Å². The van der Waals surface area contributed by atoms with Crippen LogP contribution in [0.2, 0.25) is 0 Å². The van der Waals surface area contributed by atoms with Gasteiger partial charge in [0.2, 0.25) is 0 Å². The van der Waals surface area contributed by atoms with E-state index >= 15 is 0 Å². The number of nitrogens with zero attached hydrogens (tertiary/aromatic N) is 1. The molecule has 0 saturated carbocycles. The second kappa shape index (κ2) is 6.43. The van der Waals surface area contributed by atoms with Gasteiger partial charge in [0.1, 0.15) is 5.82 Å². The SMILES string of the molecule is CCC[C@@H](C)NC(=S)Nc1ccc(C)cn1. The lowest BCUT2D eigenvalue weighted by atomic mass is 10.2. The second-order valence-corrected chi connectivity index (χ2v) is 4.42. The van der Waals surface area contributed by atoms with E-state index in [4.69, 9.17) is 12.2 Å². The lowest BCUT2D eigenvalue weighted by Crippen LogP contribution is -2.35. The molecular weight excluding hydrogens is 218 g/mol. The maximum absolute atomic E-state index is 5.20. The first-order valence-electron chi connectivity index (χ1n) is 5.62. The number of hydrogen-bond acceptors (Lipinski definition) is 2. The number of thiocarbonyl (C=S) groups is 1. The van der Waals surface area contributed by atoms with E-state index in [1.807, 2.05) is 25.3 Å². The number of aryl methyl sites for hydroxylation is 1. The number of pyridine rings is 1. The first kappa shape index (κ1) is 12.9. The van der Waals surface area contributed by atoms with Crippen LogP contribution in [0.4, 0.5) is 5.82 Å². The third-order valence-corrected chi connectivity index (χ3v) is 2.47. The highest BCUT2D eigenvalue weighted by Crippen LogP contribution is 2.04. The van der Waals surface area contributed by atoms with E-state index in [0.717, 1.165) is 24.2 Å². The third-order valence-electron chi connectivity index (χ3n) is 2.25. The first-order valence-corrected chi connectivity index (χ1v) is 6.02. The van der Waals surface area contributed by atoms with Crippen LogP contribution < -0.4 is 10.6 Å². The van der Waals surface area contributed by atoms with E-state index in [9.17, 15) is 0 Å². The smallest absolute Gasteiger partial charge is 0.172 e. The fourth-order valence-electron chi connectivity index (χ4n) is 1.42. The second-order valence-electron chi connectivity index (χ2n) is 4.01. The average molecular weight is 237 g/mol. The van der Waals surface area contributed by atoms with Crippen LogP contribution in [0.3, 0.4) is 0 Å². The molecule has 0 aromatic carbocycles. The molecule has 88 valence electrons. The molecule has 2 N–H and O–H groups in total. The van der Waals surface area contributed by atoms with Crippen molar-refractivity contribution in [1.82, 2.24) is 10.3 Å². The quantitative estimate of drug-likeness (QED) is 0.790. The normalized spacial score (nSPS) is 11.9. The van der Waals surface area contributed by atoms with Crippen LogP contribution in [0.25, 0.3) is 0 Å². The Balaban J connectivity index is 2.42. The minimum atomic E-state index is 0.399. The number of hydrogen-bond donors (Lipinski definition) is 2. The molecule has 1 rings (SSSR count). The van der Waals surface area contributed by atoms with Gasteiger partial charge in [-0.1, -0.05) is 19.4 Å². The summed E-state index contributed by atoms with van der Waals surface area (Å²) < 4.78 is 0. The van der Waals surface area contributed by atoms with Gasteiger partial charge in [-0.2, -0.15) is 0 Å². The van der Waals surface area contributed by atoms with E-state index in [-0.39, 0.29) is 0 Å². The van der Waals surface area contributed by atoms with Gasteiger partial charge in [-0.25, -0.2) is 4.98 Å². The van der Waals surface area contributed by atoms with Crippen molar-refractivity contribution in [2.45, 2.75) is 39.7 Å². The number of nitrogens with one attached hydrogen (secondary N) is 2. The van der Waals surface area contributed by atoms with Gasteiger partial charge >= 0.3 is 0 Å². The van der Waals surface area contributed by atoms with Gasteiger partial charge in [0.25, 0.3) is 0 Å². The van der Waals surface area contributed by atoms with Crippen molar-refractivity contribution in [3.8, 4) is 0 Å². The molecule has 16 heavy (non-hydrogen) atoms. The largest absolute Gasteiger partial charge is 0.360 e. The molecule has 0 unspecified atom stereocenters. The summed E-state index contributed by atoms with van der Waals surface area (Å²) >= 11 is 5.20. The Morgan fingerprint density at radius 2 is 2.25 bits per heavy atom. The zero-order valence-electron chi connectivity index (χ0n) is 10.1. The van der Waals surface area contributed by atoms with Crippen molar-refractivity contribution >= 4 is 23.1 Å². The Morgan fingerprint density at radius 3 is 2.81 bits per heavy atom. The summed E-state index contributed by atoms with van der Waals surface area (Å²) in [6.45, 7) is 6.30. The fraction of sp³-hybridized carbons (Fsp3) is 0.500. The van der Waals surface area contributed by atoms with Crippen molar-refractivity contribution in [3.05, 3.63) is 23.9 Å². The summed E-state index contributed by atoms with van der Waals surface area (Å²) in [5, 5.41) is 6.93. The van der Waals surface area contributed by atoms with Gasteiger partial charge in [0.15, 0.2) is 5.11 Å². The first-order chi connectivity index (χ1) is 7.61. The molecular formula is C12H19N3S. The van der Waals surface area contributed by atoms with E-state index in [2.05, 4.69) is 29.5 Å². The topological polar surface area (TPSA) is 37.0 Å². The molecule has 0 saturated heterocycles. The van der Waals surface area contributed by atoms with Gasteiger partial charge in [-0.05, 0) is 44.1 Å². The van der Waals surface area contributed by atoms with E-state index in [1.54, 1.807) is 0 Å². The molecule has 0 spiro atoms. The summed E-state index contributed by atoms with van der Waals surface area (Å²) in [6.07, 6.45) is 4.09. The number of rotatable bonds is 4. The van der Waals surface area contributed by atoms with Crippen molar-refractivity contribution in [1.29, 1.82) is 0 Å². The summed E-state index contributed by atoms with van der Waals surface area (Å²) in [7, 11) is 0. The standard InChI is InChI=1S/C12H19N3S/c1-4-5-10(3)14-12(16)15-11-7-6-9(2)8-13-11/h6-8,10H,4-5H2,1-3H3,(H2,13,14,15,16)/t10-/m1/s1. The maximum Gasteiger partial charge on any atom is 0.172 e. The van der Waals surface area contributed by atoms with Crippen molar-refractivity contribution in [3.63, 3.8) is 0 Å². The van der Waals surface area contributed by atoms with Crippen molar-refractivity contribution in [2.75, 3.05) is 5.32 Å². The summed E-state index contributed by atoms with van der Waals surface area (Å²) in [4.78, 5) is 4.23. The van der Waals surface area contributed by atoms with Gasteiger partial charge < -0.3 is 10.6 Å². The molecule has 0 aliphatic rings. The van der Waals surface area contributed by atoms with Crippen LogP contribution in [0.5, 0.6) is 0 Å². The predicted octanol–water partition coefficient (Wildman–Crippen LogP) is 2.87. The van der Waals surface area contributed by atoms with Crippen LogP contribution in [-0.2, 0) is 0 Å². The minimum Gasteiger partial charge on any atom is -0.360 e. The van der Waals surface area contributed by atoms with Gasteiger partial charge in [0.05, 0.1) is 0 Å². The minimum absolute atomic E-state index is 0.399. The molecule has 3 nitrogen and oxygen atoms in total. The highest BCUT2D eigenvalue weighted by Gasteiger charge is 2.03. The third kappa shape index (κ3) is 4.57. The summed E-state index contributed by atoms with van der Waals surface area (Å²) in [5.41, 5.74) is 1.14. The molecule has 1 atom stereocenters. The lowest BCUT2D eigenvalue weighted by molar-refractivity contribution is 0.599. The molecule has 0 aliphatic heterocycles. The Hall–Kier alpha value is -1.16. The summed E-state index contributed by atoms with van der Waals surface area (Å²) in [5.74, 6) is 0.784. The van der Waals surface area contributed by atoms with Crippen LogP contribution in [0.1, 0.15) is 32.3 Å². The Kier molecular flexibility index (Phi) is 5.19. The van der Waals surface area contributed by atoms with Crippen molar-refractivity contribution < 1.29 is 0 Å². The number of aromatic nitrogens is 1. The van der Waals surface area contributed by atoms with Gasteiger partial charge in [0, 0.05) is 12.2 Å². The molecule has 1 aromatic heterocycles. The van der Waals surface area contributed by atoms with Gasteiger partial charge in [-0.15, -0.1) is 0 Å². The molecule has 1 heterocycles. The maximum atomic E-state index is 5.20. The van der Waals surface area contributed by atoms with E-state index in [0.29, 0.717) is 11.2 Å². The highest BCUT2D eigenvalue weighted by molar-refractivity contribution is 7.80. The Bertz CT molecular complexity index is 335. The molecule has 1 aromatic rings. The Labute approximate surface area is 103 Å². The van der Waals surface area contributed by atoms with E-state index < -0.39 is 0 Å². The fourth-order valence-corrected chi connectivity index (χ4v) is 1.73. The van der Waals surface area contributed by atoms with Crippen LogP contribution in [0, 0.1) is 6.92 Å². The zero-order valence-corrected chi connectivity index (χ0v) is 10.9. The zero-order chi connectivity index (χ0) is 12.0. The number of anilines is 1. The average Bonchev–Trinajstić information content (AvgIpc) is 2.21. The van der Waals surface area contributed by atoms with Crippen LogP contribution in [0.15, 0.2) is 18.3 Å². The molecule has 0 amide bonds. The Morgan fingerprint density at radius 1 is 1.50 bits per heavy atom. The molecule has 4 heteroatoms.